The van der Waals surface area contributed by atoms with Crippen LogP contribution in [0.15, 0.2) is 36.4 Å². The van der Waals surface area contributed by atoms with Crippen LogP contribution in [0.5, 0.6) is 11.5 Å². The number of hydrogen-bond acceptors (Lipinski definition) is 4. The van der Waals surface area contributed by atoms with Gasteiger partial charge in [0.05, 0.1) is 11.6 Å². The van der Waals surface area contributed by atoms with Gasteiger partial charge in [-0.2, -0.15) is 0 Å². The summed E-state index contributed by atoms with van der Waals surface area (Å²) in [5.74, 6) is 0.860. The Morgan fingerprint density at radius 1 is 1.00 bits per heavy atom. The van der Waals surface area contributed by atoms with Gasteiger partial charge in [-0.3, -0.25) is 0 Å². The third-order valence-electron chi connectivity index (χ3n) is 3.78. The predicted octanol–water partition coefficient (Wildman–Crippen LogP) is 5.00. The third kappa shape index (κ3) is 8.84. The van der Waals surface area contributed by atoms with Gasteiger partial charge in [-0.1, -0.05) is 23.7 Å². The first-order chi connectivity index (χ1) is 12.6. The van der Waals surface area contributed by atoms with Crippen LogP contribution in [0.25, 0.3) is 0 Å². The van der Waals surface area contributed by atoms with Gasteiger partial charge in [0.2, 0.25) is 0 Å². The smallest absolute Gasteiger partial charge is 0.180 e. The summed E-state index contributed by atoms with van der Waals surface area (Å²) in [5, 5.41) is 7.01. The minimum absolute atomic E-state index is 0. The summed E-state index contributed by atoms with van der Waals surface area (Å²) in [6.07, 6.45) is 1.06. The molecule has 4 nitrogen and oxygen atoms in total. The van der Waals surface area contributed by atoms with E-state index in [1.54, 1.807) is 12.1 Å². The molecule has 2 N–H and O–H groups in total. The Hall–Kier alpha value is -1.24. The second-order valence-corrected chi connectivity index (χ2v) is 6.29. The Balaban J connectivity index is 0.00000364. The molecule has 2 aromatic rings. The zero-order valence-electron chi connectivity index (χ0n) is 16.1. The van der Waals surface area contributed by atoms with Crippen molar-refractivity contribution < 1.29 is 13.9 Å². The monoisotopic (exact) mass is 452 g/mol. The van der Waals surface area contributed by atoms with Gasteiger partial charge in [0.1, 0.15) is 12.4 Å². The summed E-state index contributed by atoms with van der Waals surface area (Å²) in [6.45, 7) is 5.34. The number of halogens is 4. The van der Waals surface area contributed by atoms with Crippen molar-refractivity contribution in [1.29, 1.82) is 0 Å². The minimum atomic E-state index is -0.270. The topological polar surface area (TPSA) is 42.5 Å². The van der Waals surface area contributed by atoms with Crippen LogP contribution in [0.4, 0.5) is 4.39 Å². The molecule has 2 aromatic carbocycles. The molecule has 8 heteroatoms. The van der Waals surface area contributed by atoms with Gasteiger partial charge in [0, 0.05) is 6.54 Å². The molecule has 0 aliphatic carbocycles. The molecule has 0 saturated carbocycles. The van der Waals surface area contributed by atoms with Crippen molar-refractivity contribution in [1.82, 2.24) is 10.6 Å². The predicted molar refractivity (Wildman–Crippen MR) is 118 cm³/mol. The lowest BCUT2D eigenvalue weighted by Crippen LogP contribution is -2.19. The van der Waals surface area contributed by atoms with Crippen molar-refractivity contribution in [3.05, 3.63) is 58.4 Å². The van der Waals surface area contributed by atoms with E-state index in [0.29, 0.717) is 36.3 Å². The highest BCUT2D eigenvalue weighted by Crippen LogP contribution is 2.37. The molecule has 158 valence electrons. The van der Waals surface area contributed by atoms with Crippen LogP contribution in [0.3, 0.4) is 0 Å². The van der Waals surface area contributed by atoms with Crippen molar-refractivity contribution in [3.63, 3.8) is 0 Å². The largest absolute Gasteiger partial charge is 0.490 e. The first-order valence-electron chi connectivity index (χ1n) is 8.81. The number of hydrogen-bond donors (Lipinski definition) is 2. The van der Waals surface area contributed by atoms with Crippen LogP contribution in [-0.4, -0.2) is 26.7 Å². The average molecular weight is 454 g/mol. The van der Waals surface area contributed by atoms with Crippen molar-refractivity contribution in [2.45, 2.75) is 26.5 Å². The van der Waals surface area contributed by atoms with Gasteiger partial charge in [-0.25, -0.2) is 4.39 Å². The molecule has 0 saturated heterocycles. The normalized spacial score (nSPS) is 10.0. The lowest BCUT2D eigenvalue weighted by atomic mass is 10.2. The first kappa shape index (κ1) is 26.8. The molecule has 0 unspecified atom stereocenters. The van der Waals surface area contributed by atoms with E-state index in [4.69, 9.17) is 21.1 Å². The molecule has 0 heterocycles. The highest BCUT2D eigenvalue weighted by molar-refractivity contribution is 6.32. The van der Waals surface area contributed by atoms with E-state index in [1.165, 1.54) is 12.1 Å². The molecule has 0 fully saturated rings. The molecule has 0 aliphatic rings. The van der Waals surface area contributed by atoms with E-state index in [-0.39, 0.29) is 30.6 Å². The number of nitrogens with one attached hydrogen (secondary N) is 2. The quantitative estimate of drug-likeness (QED) is 0.470. The molecule has 0 aromatic heterocycles. The van der Waals surface area contributed by atoms with Gasteiger partial charge in [-0.15, -0.1) is 24.8 Å². The van der Waals surface area contributed by atoms with Crippen molar-refractivity contribution in [2.75, 3.05) is 26.7 Å². The fourth-order valence-corrected chi connectivity index (χ4v) is 2.77. The van der Waals surface area contributed by atoms with E-state index >= 15 is 0 Å². The van der Waals surface area contributed by atoms with E-state index < -0.39 is 0 Å². The van der Waals surface area contributed by atoms with Gasteiger partial charge in [0.25, 0.3) is 0 Å². The summed E-state index contributed by atoms with van der Waals surface area (Å²) in [7, 11) is 1.94. The van der Waals surface area contributed by atoms with Crippen LogP contribution in [0.2, 0.25) is 5.02 Å². The molecule has 28 heavy (non-hydrogen) atoms. The lowest BCUT2D eigenvalue weighted by Gasteiger charge is -2.16. The van der Waals surface area contributed by atoms with Crippen molar-refractivity contribution in [3.8, 4) is 11.5 Å². The maximum absolute atomic E-state index is 13.0. The van der Waals surface area contributed by atoms with Gasteiger partial charge in [-0.05, 0) is 68.9 Å². The molecule has 0 radical (unpaired) electrons. The third-order valence-corrected chi connectivity index (χ3v) is 4.06. The van der Waals surface area contributed by atoms with E-state index in [2.05, 4.69) is 10.6 Å². The fourth-order valence-electron chi connectivity index (χ4n) is 2.49. The molecular weight excluding hydrogens is 426 g/mol. The molecular formula is C20H28Cl3FN2O2. The standard InChI is InChI=1S/C20H26ClFN2O2.2ClH/c1-3-25-19-12-16(13-24-10-4-9-23-2)11-18(21)20(19)26-14-15-5-7-17(22)8-6-15;;/h5-8,11-12,23-24H,3-4,9-10,13-14H2,1-2H3;2*1H. The van der Waals surface area contributed by atoms with Gasteiger partial charge < -0.3 is 20.1 Å². The van der Waals surface area contributed by atoms with Crippen LogP contribution in [-0.2, 0) is 13.2 Å². The van der Waals surface area contributed by atoms with Crippen LogP contribution in [0, 0.1) is 5.82 Å². The molecule has 2 rings (SSSR count). The maximum Gasteiger partial charge on any atom is 0.180 e. The Morgan fingerprint density at radius 2 is 1.71 bits per heavy atom. The lowest BCUT2D eigenvalue weighted by molar-refractivity contribution is 0.269. The van der Waals surface area contributed by atoms with Crippen LogP contribution >= 0.6 is 36.4 Å². The Kier molecular flexibility index (Phi) is 14.1. The molecule has 0 spiro atoms. The molecule has 0 atom stereocenters. The maximum atomic E-state index is 13.0. The summed E-state index contributed by atoms with van der Waals surface area (Å²) in [4.78, 5) is 0. The Morgan fingerprint density at radius 3 is 2.36 bits per heavy atom. The highest BCUT2D eigenvalue weighted by Gasteiger charge is 2.13. The fraction of sp³-hybridized carbons (Fsp3) is 0.400. The highest BCUT2D eigenvalue weighted by atomic mass is 35.5. The van der Waals surface area contributed by atoms with Crippen molar-refractivity contribution in [2.24, 2.45) is 0 Å². The SMILES string of the molecule is CCOc1cc(CNCCCNC)cc(Cl)c1OCc1ccc(F)cc1.Cl.Cl. The first-order valence-corrected chi connectivity index (χ1v) is 9.19. The van der Waals surface area contributed by atoms with Crippen LogP contribution in [0.1, 0.15) is 24.5 Å². The molecule has 0 amide bonds. The van der Waals surface area contributed by atoms with Crippen molar-refractivity contribution >= 4 is 36.4 Å². The number of rotatable bonds is 11. The molecule has 0 aliphatic heterocycles. The Labute approximate surface area is 184 Å². The summed E-state index contributed by atoms with van der Waals surface area (Å²) in [6, 6.07) is 10.0. The van der Waals surface area contributed by atoms with Gasteiger partial charge in [0.15, 0.2) is 11.5 Å². The van der Waals surface area contributed by atoms with E-state index in [9.17, 15) is 4.39 Å². The summed E-state index contributed by atoms with van der Waals surface area (Å²) in [5.41, 5.74) is 1.90. The Bertz CT molecular complexity index is 688. The minimum Gasteiger partial charge on any atom is -0.490 e. The summed E-state index contributed by atoms with van der Waals surface area (Å²) >= 11 is 6.42. The van der Waals surface area contributed by atoms with E-state index in [0.717, 1.165) is 30.6 Å². The number of benzene rings is 2. The second kappa shape index (κ2) is 14.7. The van der Waals surface area contributed by atoms with Gasteiger partial charge >= 0.3 is 0 Å². The van der Waals surface area contributed by atoms with E-state index in [1.807, 2.05) is 26.1 Å². The number of ether oxygens (including phenoxy) is 2. The zero-order chi connectivity index (χ0) is 18.8. The average Bonchev–Trinajstić information content (AvgIpc) is 2.62. The summed E-state index contributed by atoms with van der Waals surface area (Å²) < 4.78 is 24.6. The second-order valence-electron chi connectivity index (χ2n) is 5.89. The van der Waals surface area contributed by atoms with Crippen LogP contribution < -0.4 is 20.1 Å². The molecule has 0 bridgehead atoms. The zero-order valence-corrected chi connectivity index (χ0v) is 18.5.